The van der Waals surface area contributed by atoms with E-state index in [1.165, 1.54) is 18.4 Å². The number of rotatable bonds is 6. The zero-order chi connectivity index (χ0) is 14.4. The summed E-state index contributed by atoms with van der Waals surface area (Å²) in [5, 5.41) is 3.61. The molecule has 0 spiro atoms. The van der Waals surface area contributed by atoms with Gasteiger partial charge >= 0.3 is 0 Å². The van der Waals surface area contributed by atoms with E-state index in [0.717, 1.165) is 19.6 Å². The van der Waals surface area contributed by atoms with Crippen molar-refractivity contribution in [2.24, 2.45) is 5.92 Å². The molecule has 0 saturated heterocycles. The Morgan fingerprint density at radius 3 is 2.60 bits per heavy atom. The Bertz CT molecular complexity index is 376. The fraction of sp³-hybridized carbons (Fsp3) is 0.667. The van der Waals surface area contributed by atoms with Crippen molar-refractivity contribution in [2.75, 3.05) is 13.2 Å². The Balaban J connectivity index is 1.99. The lowest BCUT2D eigenvalue weighted by Crippen LogP contribution is -2.45. The molecule has 112 valence electrons. The number of nitrogens with one attached hydrogen (secondary N) is 1. The second-order valence-electron chi connectivity index (χ2n) is 6.35. The molecule has 1 aromatic rings. The van der Waals surface area contributed by atoms with Crippen molar-refractivity contribution in [3.8, 4) is 0 Å². The first-order chi connectivity index (χ1) is 9.70. The highest BCUT2D eigenvalue weighted by atomic mass is 16.5. The Hall–Kier alpha value is -0.860. The third-order valence-electron chi connectivity index (χ3n) is 4.17. The number of hydrogen-bond donors (Lipinski definition) is 1. The second-order valence-corrected chi connectivity index (χ2v) is 6.35. The maximum absolute atomic E-state index is 6.20. The van der Waals surface area contributed by atoms with Gasteiger partial charge in [-0.25, -0.2) is 0 Å². The third-order valence-corrected chi connectivity index (χ3v) is 4.17. The average molecular weight is 275 g/mol. The zero-order valence-corrected chi connectivity index (χ0v) is 13.1. The predicted octanol–water partition coefficient (Wildman–Crippen LogP) is 3.97. The van der Waals surface area contributed by atoms with Crippen LogP contribution in [0, 0.1) is 5.92 Å². The summed E-state index contributed by atoms with van der Waals surface area (Å²) in [4.78, 5) is 0. The van der Waals surface area contributed by atoms with Crippen LogP contribution in [0.3, 0.4) is 0 Å². The highest BCUT2D eigenvalue weighted by Gasteiger charge is 2.31. The predicted molar refractivity (Wildman–Crippen MR) is 85.1 cm³/mol. The normalized spacial score (nSPS) is 26.9. The largest absolute Gasteiger partial charge is 0.376 e. The fourth-order valence-electron chi connectivity index (χ4n) is 3.15. The summed E-state index contributed by atoms with van der Waals surface area (Å²) >= 11 is 0. The molecule has 1 fully saturated rings. The molecule has 1 aromatic carbocycles. The number of hydrogen-bond acceptors (Lipinski definition) is 2. The molecule has 3 unspecified atom stereocenters. The Morgan fingerprint density at radius 2 is 1.95 bits per heavy atom. The average Bonchev–Trinajstić information content (AvgIpc) is 2.47. The van der Waals surface area contributed by atoms with E-state index in [-0.39, 0.29) is 0 Å². The lowest BCUT2D eigenvalue weighted by Gasteiger charge is -2.37. The highest BCUT2D eigenvalue weighted by Crippen LogP contribution is 2.34. The molecule has 2 rings (SSSR count). The van der Waals surface area contributed by atoms with E-state index in [4.69, 9.17) is 4.74 Å². The van der Waals surface area contributed by atoms with Crippen molar-refractivity contribution < 1.29 is 4.74 Å². The van der Waals surface area contributed by atoms with Crippen LogP contribution in [0.25, 0.3) is 0 Å². The van der Waals surface area contributed by atoms with Gasteiger partial charge in [0.05, 0.1) is 6.10 Å². The topological polar surface area (TPSA) is 21.3 Å². The van der Waals surface area contributed by atoms with Crippen LogP contribution in [0.5, 0.6) is 0 Å². The van der Waals surface area contributed by atoms with Crippen LogP contribution in [-0.4, -0.2) is 25.3 Å². The van der Waals surface area contributed by atoms with Gasteiger partial charge in [-0.2, -0.15) is 0 Å². The fourth-order valence-corrected chi connectivity index (χ4v) is 3.15. The maximum atomic E-state index is 6.20. The van der Waals surface area contributed by atoms with Gasteiger partial charge in [-0.3, -0.25) is 0 Å². The SMILES string of the molecule is CCNC1CCC(c2ccccc2)CC1OCC(C)C. The van der Waals surface area contributed by atoms with Gasteiger partial charge in [-0.1, -0.05) is 51.1 Å². The maximum Gasteiger partial charge on any atom is 0.0733 e. The molecule has 3 atom stereocenters. The lowest BCUT2D eigenvalue weighted by atomic mass is 9.80. The molecule has 0 heterocycles. The Morgan fingerprint density at radius 1 is 1.20 bits per heavy atom. The molecular weight excluding hydrogens is 246 g/mol. The smallest absolute Gasteiger partial charge is 0.0733 e. The van der Waals surface area contributed by atoms with E-state index in [2.05, 4.69) is 56.4 Å². The van der Waals surface area contributed by atoms with Gasteiger partial charge in [-0.05, 0) is 43.2 Å². The van der Waals surface area contributed by atoms with Crippen molar-refractivity contribution in [1.29, 1.82) is 0 Å². The summed E-state index contributed by atoms with van der Waals surface area (Å²) in [6, 6.07) is 11.4. The summed E-state index contributed by atoms with van der Waals surface area (Å²) in [6.07, 6.45) is 3.99. The van der Waals surface area contributed by atoms with Crippen LogP contribution in [0.15, 0.2) is 30.3 Å². The van der Waals surface area contributed by atoms with Gasteiger partial charge in [0.1, 0.15) is 0 Å². The van der Waals surface area contributed by atoms with Crippen LogP contribution in [-0.2, 0) is 4.74 Å². The molecule has 1 saturated carbocycles. The van der Waals surface area contributed by atoms with Crippen molar-refractivity contribution in [3.05, 3.63) is 35.9 Å². The van der Waals surface area contributed by atoms with Crippen molar-refractivity contribution in [2.45, 2.75) is 58.1 Å². The molecule has 1 aliphatic rings. The Labute approximate surface area is 123 Å². The van der Waals surface area contributed by atoms with Crippen LogP contribution in [0.2, 0.25) is 0 Å². The third kappa shape index (κ3) is 4.32. The van der Waals surface area contributed by atoms with E-state index < -0.39 is 0 Å². The summed E-state index contributed by atoms with van der Waals surface area (Å²) in [6.45, 7) is 8.53. The second kappa shape index (κ2) is 7.80. The standard InChI is InChI=1S/C18H29NO/c1-4-19-17-11-10-16(15-8-6-5-7-9-15)12-18(17)20-13-14(2)3/h5-9,14,16-19H,4,10-13H2,1-3H3. The van der Waals surface area contributed by atoms with Gasteiger partial charge in [-0.15, -0.1) is 0 Å². The van der Waals surface area contributed by atoms with E-state index in [1.54, 1.807) is 0 Å². The van der Waals surface area contributed by atoms with Crippen LogP contribution >= 0.6 is 0 Å². The number of likely N-dealkylation sites (N-methyl/N-ethyl adjacent to an activating group) is 1. The summed E-state index contributed by atoms with van der Waals surface area (Å²) in [7, 11) is 0. The van der Waals surface area contributed by atoms with Crippen LogP contribution in [0.1, 0.15) is 51.5 Å². The molecule has 0 bridgehead atoms. The molecule has 1 aliphatic carbocycles. The van der Waals surface area contributed by atoms with E-state index in [1.807, 2.05) is 0 Å². The summed E-state index contributed by atoms with van der Waals surface area (Å²) in [5.74, 6) is 1.26. The van der Waals surface area contributed by atoms with Crippen molar-refractivity contribution in [3.63, 3.8) is 0 Å². The van der Waals surface area contributed by atoms with E-state index in [0.29, 0.717) is 24.0 Å². The molecule has 2 heteroatoms. The molecule has 20 heavy (non-hydrogen) atoms. The first-order valence-corrected chi connectivity index (χ1v) is 8.10. The van der Waals surface area contributed by atoms with Gasteiger partial charge < -0.3 is 10.1 Å². The van der Waals surface area contributed by atoms with E-state index in [9.17, 15) is 0 Å². The summed E-state index contributed by atoms with van der Waals surface area (Å²) < 4.78 is 6.20. The molecule has 0 aliphatic heterocycles. The minimum atomic E-state index is 0.358. The minimum absolute atomic E-state index is 0.358. The zero-order valence-electron chi connectivity index (χ0n) is 13.1. The van der Waals surface area contributed by atoms with Gasteiger partial charge in [0, 0.05) is 12.6 Å². The van der Waals surface area contributed by atoms with Gasteiger partial charge in [0.15, 0.2) is 0 Å². The van der Waals surface area contributed by atoms with E-state index >= 15 is 0 Å². The van der Waals surface area contributed by atoms with Gasteiger partial charge in [0.25, 0.3) is 0 Å². The lowest BCUT2D eigenvalue weighted by molar-refractivity contribution is -0.0122. The number of ether oxygens (including phenoxy) is 1. The molecule has 0 aromatic heterocycles. The molecule has 0 amide bonds. The van der Waals surface area contributed by atoms with Crippen LogP contribution < -0.4 is 5.32 Å². The Kier molecular flexibility index (Phi) is 6.06. The molecule has 0 radical (unpaired) electrons. The number of benzene rings is 1. The quantitative estimate of drug-likeness (QED) is 0.848. The monoisotopic (exact) mass is 275 g/mol. The first-order valence-electron chi connectivity index (χ1n) is 8.10. The highest BCUT2D eigenvalue weighted by molar-refractivity contribution is 5.20. The van der Waals surface area contributed by atoms with Crippen LogP contribution in [0.4, 0.5) is 0 Å². The van der Waals surface area contributed by atoms with Crippen molar-refractivity contribution >= 4 is 0 Å². The summed E-state index contributed by atoms with van der Waals surface area (Å²) in [5.41, 5.74) is 1.47. The molecule has 2 nitrogen and oxygen atoms in total. The first kappa shape index (κ1) is 15.5. The minimum Gasteiger partial charge on any atom is -0.376 e. The molecule has 1 N–H and O–H groups in total. The van der Waals surface area contributed by atoms with Crippen molar-refractivity contribution in [1.82, 2.24) is 5.32 Å². The molecular formula is C18H29NO. The van der Waals surface area contributed by atoms with Gasteiger partial charge in [0.2, 0.25) is 0 Å².